The first kappa shape index (κ1) is 23.7. The van der Waals surface area contributed by atoms with Gasteiger partial charge in [-0.25, -0.2) is 4.98 Å². The first-order valence-corrected chi connectivity index (χ1v) is 13.0. The topological polar surface area (TPSA) is 70.7 Å². The number of carbonyl (C=O) groups is 1. The molecule has 0 bridgehead atoms. The molecule has 2 heterocycles. The maximum atomic E-state index is 12.7. The molecule has 0 aliphatic carbocycles. The minimum atomic E-state index is -0.0609. The Morgan fingerprint density at radius 1 is 1.00 bits per heavy atom. The summed E-state index contributed by atoms with van der Waals surface area (Å²) >= 11 is 1.44. The van der Waals surface area contributed by atoms with Crippen molar-refractivity contribution in [2.75, 3.05) is 11.1 Å². The average molecular weight is 491 g/mol. The standard InChI is InChI=1S/C30H26N4OS/c1-3-34-27-7-5-4-6-24(27)25-18-23(13-15-28(25)34)32-29(35)16-17-36-30-22(19-31)12-14-26(33-30)21-10-8-20(2)9-11-21/h4-15,18H,3,16-17H2,1-2H3,(H,32,35). The van der Waals surface area contributed by atoms with Gasteiger partial charge < -0.3 is 9.88 Å². The number of thioether (sulfide) groups is 1. The number of nitrogens with one attached hydrogen (secondary N) is 1. The second-order valence-corrected chi connectivity index (χ2v) is 9.75. The molecule has 0 fully saturated rings. The van der Waals surface area contributed by atoms with Gasteiger partial charge in [-0.2, -0.15) is 5.26 Å². The number of para-hydroxylation sites is 1. The summed E-state index contributed by atoms with van der Waals surface area (Å²) in [5.41, 5.74) is 6.68. The third kappa shape index (κ3) is 4.71. The van der Waals surface area contributed by atoms with Crippen LogP contribution in [0, 0.1) is 18.3 Å². The van der Waals surface area contributed by atoms with Crippen molar-refractivity contribution in [3.8, 4) is 17.3 Å². The molecule has 0 radical (unpaired) electrons. The van der Waals surface area contributed by atoms with Crippen LogP contribution in [-0.2, 0) is 11.3 Å². The van der Waals surface area contributed by atoms with Crippen molar-refractivity contribution in [3.63, 3.8) is 0 Å². The zero-order chi connectivity index (χ0) is 25.1. The molecule has 0 atom stereocenters. The summed E-state index contributed by atoms with van der Waals surface area (Å²) in [5, 5.41) is 15.5. The molecule has 5 nitrogen and oxygen atoms in total. The molecule has 0 unspecified atom stereocenters. The van der Waals surface area contributed by atoms with Crippen LogP contribution in [0.1, 0.15) is 24.5 Å². The molecule has 5 rings (SSSR count). The van der Waals surface area contributed by atoms with Crippen molar-refractivity contribution < 1.29 is 4.79 Å². The Morgan fingerprint density at radius 3 is 2.56 bits per heavy atom. The van der Waals surface area contributed by atoms with Crippen molar-refractivity contribution in [1.29, 1.82) is 5.26 Å². The van der Waals surface area contributed by atoms with Crippen LogP contribution in [0.3, 0.4) is 0 Å². The maximum Gasteiger partial charge on any atom is 0.225 e. The maximum absolute atomic E-state index is 12.7. The number of benzene rings is 3. The Morgan fingerprint density at radius 2 is 1.78 bits per heavy atom. The third-order valence-electron chi connectivity index (χ3n) is 6.27. The van der Waals surface area contributed by atoms with Gasteiger partial charge in [-0.1, -0.05) is 48.0 Å². The van der Waals surface area contributed by atoms with Crippen molar-refractivity contribution >= 4 is 45.2 Å². The van der Waals surface area contributed by atoms with Crippen LogP contribution in [-0.4, -0.2) is 21.2 Å². The molecule has 5 aromatic rings. The fourth-order valence-electron chi connectivity index (χ4n) is 4.46. The van der Waals surface area contributed by atoms with E-state index in [2.05, 4.69) is 53.2 Å². The lowest BCUT2D eigenvalue weighted by atomic mass is 10.1. The van der Waals surface area contributed by atoms with Crippen LogP contribution in [0.25, 0.3) is 33.1 Å². The molecule has 36 heavy (non-hydrogen) atoms. The molecule has 0 aliphatic heterocycles. The van der Waals surface area contributed by atoms with Crippen LogP contribution in [0.5, 0.6) is 0 Å². The molecule has 3 aromatic carbocycles. The van der Waals surface area contributed by atoms with Gasteiger partial charge in [-0.15, -0.1) is 11.8 Å². The summed E-state index contributed by atoms with van der Waals surface area (Å²) in [4.78, 5) is 17.4. The van der Waals surface area contributed by atoms with E-state index in [9.17, 15) is 10.1 Å². The van der Waals surface area contributed by atoms with Crippen molar-refractivity contribution in [2.24, 2.45) is 0 Å². The number of carbonyl (C=O) groups excluding carboxylic acids is 1. The number of hydrogen-bond acceptors (Lipinski definition) is 4. The van der Waals surface area contributed by atoms with Gasteiger partial charge in [0.2, 0.25) is 5.91 Å². The highest BCUT2D eigenvalue weighted by molar-refractivity contribution is 7.99. The van der Waals surface area contributed by atoms with Gasteiger partial charge in [0.1, 0.15) is 11.1 Å². The summed E-state index contributed by atoms with van der Waals surface area (Å²) in [6, 6.07) is 28.5. The molecule has 0 spiro atoms. The predicted octanol–water partition coefficient (Wildman–Crippen LogP) is 7.18. The molecule has 0 aliphatic rings. The molecular weight excluding hydrogens is 464 g/mol. The number of anilines is 1. The van der Waals surface area contributed by atoms with Crippen LogP contribution in [0.4, 0.5) is 5.69 Å². The second-order valence-electron chi connectivity index (χ2n) is 8.67. The molecule has 0 saturated carbocycles. The highest BCUT2D eigenvalue weighted by Gasteiger charge is 2.12. The van der Waals surface area contributed by atoms with E-state index in [0.717, 1.165) is 34.4 Å². The number of nitrogens with zero attached hydrogens (tertiary/aromatic N) is 3. The monoisotopic (exact) mass is 490 g/mol. The van der Waals surface area contributed by atoms with Crippen molar-refractivity contribution in [1.82, 2.24) is 9.55 Å². The number of rotatable bonds is 7. The van der Waals surface area contributed by atoms with E-state index in [-0.39, 0.29) is 5.91 Å². The number of pyridine rings is 1. The first-order chi connectivity index (χ1) is 17.6. The van der Waals surface area contributed by atoms with Gasteiger partial charge in [-0.3, -0.25) is 4.79 Å². The Kier molecular flexibility index (Phi) is 6.75. The molecule has 6 heteroatoms. The van der Waals surface area contributed by atoms with Gasteiger partial charge in [0.15, 0.2) is 0 Å². The number of amides is 1. The summed E-state index contributed by atoms with van der Waals surface area (Å²) in [6.45, 7) is 5.07. The highest BCUT2D eigenvalue weighted by atomic mass is 32.2. The van der Waals surface area contributed by atoms with Gasteiger partial charge in [0.05, 0.1) is 11.3 Å². The summed E-state index contributed by atoms with van der Waals surface area (Å²) in [7, 11) is 0. The van der Waals surface area contributed by atoms with E-state index in [1.807, 2.05) is 49.4 Å². The zero-order valence-corrected chi connectivity index (χ0v) is 21.1. The summed E-state index contributed by atoms with van der Waals surface area (Å²) < 4.78 is 2.29. The minimum Gasteiger partial charge on any atom is -0.341 e. The third-order valence-corrected chi connectivity index (χ3v) is 7.26. The number of aromatic nitrogens is 2. The van der Waals surface area contributed by atoms with E-state index < -0.39 is 0 Å². The van der Waals surface area contributed by atoms with E-state index >= 15 is 0 Å². The van der Waals surface area contributed by atoms with Gasteiger partial charge in [0.25, 0.3) is 0 Å². The fourth-order valence-corrected chi connectivity index (χ4v) is 5.37. The highest BCUT2D eigenvalue weighted by Crippen LogP contribution is 2.31. The van der Waals surface area contributed by atoms with E-state index in [1.165, 1.54) is 28.2 Å². The Labute approximate surface area is 214 Å². The zero-order valence-electron chi connectivity index (χ0n) is 20.3. The smallest absolute Gasteiger partial charge is 0.225 e. The van der Waals surface area contributed by atoms with Gasteiger partial charge >= 0.3 is 0 Å². The molecule has 1 amide bonds. The molecule has 0 saturated heterocycles. The van der Waals surface area contributed by atoms with Crippen LogP contribution < -0.4 is 5.32 Å². The normalized spacial score (nSPS) is 11.0. The molecule has 2 aromatic heterocycles. The molecule has 178 valence electrons. The van der Waals surface area contributed by atoms with Gasteiger partial charge in [0, 0.05) is 51.8 Å². The summed E-state index contributed by atoms with van der Waals surface area (Å²) in [5.74, 6) is 0.469. The lowest BCUT2D eigenvalue weighted by Gasteiger charge is -2.08. The van der Waals surface area contributed by atoms with Gasteiger partial charge in [-0.05, 0) is 50.2 Å². The SMILES string of the molecule is CCn1c2ccccc2c2cc(NC(=O)CCSc3nc(-c4ccc(C)cc4)ccc3C#N)ccc21. The molecule has 1 N–H and O–H groups in total. The quantitative estimate of drug-likeness (QED) is 0.245. The van der Waals surface area contributed by atoms with E-state index in [0.29, 0.717) is 22.8 Å². The Balaban J connectivity index is 1.27. The fraction of sp³-hybridized carbons (Fsp3) is 0.167. The number of aryl methyl sites for hydroxylation is 2. The minimum absolute atomic E-state index is 0.0609. The van der Waals surface area contributed by atoms with Crippen molar-refractivity contribution in [3.05, 3.63) is 90.0 Å². The second kappa shape index (κ2) is 10.3. The lowest BCUT2D eigenvalue weighted by Crippen LogP contribution is -2.12. The van der Waals surface area contributed by atoms with Crippen LogP contribution in [0.15, 0.2) is 83.9 Å². The Hall–Kier alpha value is -4.08. The largest absolute Gasteiger partial charge is 0.341 e. The first-order valence-electron chi connectivity index (χ1n) is 12.0. The van der Waals surface area contributed by atoms with E-state index in [1.54, 1.807) is 6.07 Å². The van der Waals surface area contributed by atoms with Crippen molar-refractivity contribution in [2.45, 2.75) is 31.8 Å². The summed E-state index contributed by atoms with van der Waals surface area (Å²) in [6.07, 6.45) is 0.320. The Bertz CT molecular complexity index is 1610. The molecular formula is C30H26N4OS. The number of hydrogen-bond donors (Lipinski definition) is 1. The van der Waals surface area contributed by atoms with Crippen LogP contribution in [0.2, 0.25) is 0 Å². The van der Waals surface area contributed by atoms with E-state index in [4.69, 9.17) is 4.98 Å². The number of fused-ring (bicyclic) bond motifs is 3. The lowest BCUT2D eigenvalue weighted by molar-refractivity contribution is -0.115. The predicted molar refractivity (Wildman–Crippen MR) is 148 cm³/mol. The number of nitriles is 1. The van der Waals surface area contributed by atoms with Crippen LogP contribution >= 0.6 is 11.8 Å². The average Bonchev–Trinajstić information content (AvgIpc) is 3.22.